The van der Waals surface area contributed by atoms with Crippen LogP contribution in [0.1, 0.15) is 40.5 Å². The molecule has 1 rings (SSSR count). The van der Waals surface area contributed by atoms with Crippen LogP contribution in [0.2, 0.25) is 0 Å². The largest absolute Gasteiger partial charge is 0.478 e. The minimum absolute atomic E-state index is 0.0543. The summed E-state index contributed by atoms with van der Waals surface area (Å²) in [5.74, 6) is -1.80. The maximum Gasteiger partial charge on any atom is 0.343 e. The molecule has 0 saturated carbocycles. The van der Waals surface area contributed by atoms with Gasteiger partial charge in [-0.2, -0.15) is 0 Å². The van der Waals surface area contributed by atoms with Gasteiger partial charge in [0.25, 0.3) is 0 Å². The second kappa shape index (κ2) is 6.48. The van der Waals surface area contributed by atoms with E-state index in [1.807, 2.05) is 6.92 Å². The Hall–Kier alpha value is -2.10. The van der Waals surface area contributed by atoms with E-state index >= 15 is 0 Å². The highest BCUT2D eigenvalue weighted by molar-refractivity contribution is 6.02. The van der Waals surface area contributed by atoms with E-state index in [0.717, 1.165) is 12.8 Å². The Labute approximate surface area is 99.5 Å². The normalized spacial score (nSPS) is 10.4. The Kier molecular flexibility index (Phi) is 4.94. The van der Waals surface area contributed by atoms with E-state index in [2.05, 4.69) is 0 Å². The Balaban J connectivity index is 2.78. The minimum Gasteiger partial charge on any atom is -0.478 e. The van der Waals surface area contributed by atoms with Gasteiger partial charge in [0, 0.05) is 0 Å². The molecule has 0 heterocycles. The summed E-state index contributed by atoms with van der Waals surface area (Å²) in [6, 6.07) is 5.96. The fourth-order valence-electron chi connectivity index (χ4n) is 1.26. The predicted octanol–water partition coefficient (Wildman–Crippen LogP) is 2.86. The number of aromatic carboxylic acids is 1. The van der Waals surface area contributed by atoms with Crippen LogP contribution in [0, 0.1) is 0 Å². The van der Waals surface area contributed by atoms with Crippen molar-refractivity contribution >= 4 is 11.9 Å². The lowest BCUT2D eigenvalue weighted by atomic mass is 10.1. The van der Waals surface area contributed by atoms with Crippen LogP contribution in [0.25, 0.3) is 0 Å². The zero-order valence-corrected chi connectivity index (χ0v) is 9.55. The van der Waals surface area contributed by atoms with Gasteiger partial charge in [-0.15, -0.1) is 0 Å². The molecule has 1 N–H and O–H groups in total. The van der Waals surface area contributed by atoms with Gasteiger partial charge >= 0.3 is 11.9 Å². The molecule has 0 unspecified atom stereocenters. The standard InChI is InChI=1S/C13H14O4/c1-2-3-6-9-17-13(16)11-8-5-4-7-10(11)12(14)15/h4-9H,2-3H2,1H3,(H,14,15)/b9-6+. The first-order valence-electron chi connectivity index (χ1n) is 5.35. The van der Waals surface area contributed by atoms with Crippen LogP contribution in [0.5, 0.6) is 0 Å². The molecular weight excluding hydrogens is 220 g/mol. The minimum atomic E-state index is -1.14. The highest BCUT2D eigenvalue weighted by Crippen LogP contribution is 2.10. The smallest absolute Gasteiger partial charge is 0.343 e. The molecule has 0 atom stereocenters. The van der Waals surface area contributed by atoms with Gasteiger partial charge in [0.15, 0.2) is 0 Å². The number of unbranched alkanes of at least 4 members (excludes halogenated alkanes) is 1. The Bertz CT molecular complexity index is 435. The summed E-state index contributed by atoms with van der Waals surface area (Å²) in [5.41, 5.74) is 0.00235. The first-order chi connectivity index (χ1) is 8.16. The molecule has 1 aromatic carbocycles. The Morgan fingerprint density at radius 2 is 1.94 bits per heavy atom. The van der Waals surface area contributed by atoms with Crippen molar-refractivity contribution in [3.63, 3.8) is 0 Å². The average Bonchev–Trinajstić information content (AvgIpc) is 2.34. The maximum atomic E-state index is 11.6. The second-order valence-corrected chi connectivity index (χ2v) is 3.42. The van der Waals surface area contributed by atoms with Crippen molar-refractivity contribution in [3.05, 3.63) is 47.7 Å². The third kappa shape index (κ3) is 3.75. The molecule has 0 aromatic heterocycles. The number of carbonyl (C=O) groups excluding carboxylic acids is 1. The number of allylic oxidation sites excluding steroid dienone is 1. The molecule has 0 saturated heterocycles. The molecule has 1 aromatic rings. The van der Waals surface area contributed by atoms with E-state index in [4.69, 9.17) is 9.84 Å². The fourth-order valence-corrected chi connectivity index (χ4v) is 1.26. The number of esters is 1. The number of carbonyl (C=O) groups is 2. The van der Waals surface area contributed by atoms with Crippen LogP contribution in [-0.2, 0) is 4.74 Å². The van der Waals surface area contributed by atoms with E-state index in [-0.39, 0.29) is 11.1 Å². The lowest BCUT2D eigenvalue weighted by Gasteiger charge is -2.03. The zero-order chi connectivity index (χ0) is 12.7. The maximum absolute atomic E-state index is 11.6. The SMILES string of the molecule is CCC/C=C/OC(=O)c1ccccc1C(=O)O. The van der Waals surface area contributed by atoms with Gasteiger partial charge in [0.1, 0.15) is 0 Å². The molecule has 0 fully saturated rings. The molecule has 0 aliphatic rings. The summed E-state index contributed by atoms with van der Waals surface area (Å²) in [4.78, 5) is 22.5. The predicted molar refractivity (Wildman–Crippen MR) is 62.9 cm³/mol. The molecule has 0 bridgehead atoms. The van der Waals surface area contributed by atoms with Crippen LogP contribution in [-0.4, -0.2) is 17.0 Å². The van der Waals surface area contributed by atoms with E-state index in [1.165, 1.54) is 18.4 Å². The number of carboxylic acid groups (broad SMARTS) is 1. The summed E-state index contributed by atoms with van der Waals surface area (Å²) in [5, 5.41) is 8.90. The molecule has 0 aliphatic heterocycles. The summed E-state index contributed by atoms with van der Waals surface area (Å²) in [6.07, 6.45) is 4.79. The molecule has 4 heteroatoms. The molecule has 17 heavy (non-hydrogen) atoms. The average molecular weight is 234 g/mol. The topological polar surface area (TPSA) is 63.6 Å². The second-order valence-electron chi connectivity index (χ2n) is 3.42. The van der Waals surface area contributed by atoms with Crippen molar-refractivity contribution in [1.82, 2.24) is 0 Å². The number of benzene rings is 1. The van der Waals surface area contributed by atoms with Gasteiger partial charge in [-0.1, -0.05) is 25.5 Å². The van der Waals surface area contributed by atoms with Crippen molar-refractivity contribution in [2.75, 3.05) is 0 Å². The number of ether oxygens (including phenoxy) is 1. The van der Waals surface area contributed by atoms with Gasteiger partial charge in [-0.25, -0.2) is 9.59 Å². The van der Waals surface area contributed by atoms with Crippen LogP contribution in [0.15, 0.2) is 36.6 Å². The van der Waals surface area contributed by atoms with Crippen LogP contribution < -0.4 is 0 Å². The van der Waals surface area contributed by atoms with Gasteiger partial charge in [0.2, 0.25) is 0 Å². The molecular formula is C13H14O4. The summed E-state index contributed by atoms with van der Waals surface area (Å²) in [6.45, 7) is 2.01. The third-order valence-electron chi connectivity index (χ3n) is 2.10. The van der Waals surface area contributed by atoms with Gasteiger partial charge in [-0.3, -0.25) is 0 Å². The monoisotopic (exact) mass is 234 g/mol. The lowest BCUT2D eigenvalue weighted by molar-refractivity contribution is 0.0631. The van der Waals surface area contributed by atoms with Crippen molar-refractivity contribution in [1.29, 1.82) is 0 Å². The first kappa shape index (κ1) is 13.0. The molecule has 90 valence electrons. The van der Waals surface area contributed by atoms with Crippen LogP contribution in [0.4, 0.5) is 0 Å². The van der Waals surface area contributed by atoms with Crippen molar-refractivity contribution in [2.24, 2.45) is 0 Å². The number of hydrogen-bond acceptors (Lipinski definition) is 3. The highest BCUT2D eigenvalue weighted by Gasteiger charge is 2.15. The third-order valence-corrected chi connectivity index (χ3v) is 2.10. The van der Waals surface area contributed by atoms with Gasteiger partial charge in [-0.05, 0) is 24.6 Å². The number of hydrogen-bond donors (Lipinski definition) is 1. The quantitative estimate of drug-likeness (QED) is 0.628. The number of carboxylic acids is 1. The zero-order valence-electron chi connectivity index (χ0n) is 9.55. The molecule has 0 aliphatic carbocycles. The first-order valence-corrected chi connectivity index (χ1v) is 5.35. The van der Waals surface area contributed by atoms with Gasteiger partial charge < -0.3 is 9.84 Å². The Morgan fingerprint density at radius 3 is 2.53 bits per heavy atom. The molecule has 4 nitrogen and oxygen atoms in total. The molecule has 0 spiro atoms. The van der Waals surface area contributed by atoms with E-state index in [0.29, 0.717) is 0 Å². The van der Waals surface area contributed by atoms with Crippen LogP contribution >= 0.6 is 0 Å². The number of rotatable bonds is 5. The fraction of sp³-hybridized carbons (Fsp3) is 0.231. The summed E-state index contributed by atoms with van der Waals surface area (Å²) >= 11 is 0. The summed E-state index contributed by atoms with van der Waals surface area (Å²) < 4.78 is 4.84. The summed E-state index contributed by atoms with van der Waals surface area (Å²) in [7, 11) is 0. The highest BCUT2D eigenvalue weighted by atomic mass is 16.5. The van der Waals surface area contributed by atoms with Gasteiger partial charge in [0.05, 0.1) is 17.4 Å². The van der Waals surface area contributed by atoms with Crippen LogP contribution in [0.3, 0.4) is 0 Å². The van der Waals surface area contributed by atoms with E-state index < -0.39 is 11.9 Å². The van der Waals surface area contributed by atoms with Crippen molar-refractivity contribution < 1.29 is 19.4 Å². The van der Waals surface area contributed by atoms with E-state index in [1.54, 1.807) is 18.2 Å². The van der Waals surface area contributed by atoms with Crippen molar-refractivity contribution in [3.8, 4) is 0 Å². The molecule has 0 amide bonds. The Morgan fingerprint density at radius 1 is 1.29 bits per heavy atom. The lowest BCUT2D eigenvalue weighted by Crippen LogP contribution is -2.09. The van der Waals surface area contributed by atoms with Crippen molar-refractivity contribution in [2.45, 2.75) is 19.8 Å². The molecule has 0 radical (unpaired) electrons. The van der Waals surface area contributed by atoms with E-state index in [9.17, 15) is 9.59 Å².